The molecule has 0 amide bonds. The van der Waals surface area contributed by atoms with Crippen LogP contribution < -0.4 is 5.09 Å². The van der Waals surface area contributed by atoms with E-state index in [1.807, 2.05) is 13.8 Å². The zero-order valence-electron chi connectivity index (χ0n) is 8.78. The van der Waals surface area contributed by atoms with E-state index in [4.69, 9.17) is 16.3 Å². The summed E-state index contributed by atoms with van der Waals surface area (Å²) in [6, 6.07) is 0. The van der Waals surface area contributed by atoms with Gasteiger partial charge in [0.05, 0.1) is 5.49 Å². The minimum Gasteiger partial charge on any atom is -0.326 e. The van der Waals surface area contributed by atoms with Crippen LogP contribution in [0.2, 0.25) is 0 Å². The second-order valence-corrected chi connectivity index (χ2v) is 10.1. The van der Waals surface area contributed by atoms with E-state index in [0.717, 1.165) is 11.9 Å². The molecule has 0 saturated heterocycles. The third-order valence-electron chi connectivity index (χ3n) is 1.50. The van der Waals surface area contributed by atoms with Crippen LogP contribution in [-0.4, -0.2) is 23.5 Å². The van der Waals surface area contributed by atoms with Crippen molar-refractivity contribution in [2.45, 2.75) is 31.7 Å². The van der Waals surface area contributed by atoms with Crippen LogP contribution in [0.4, 0.5) is 13.2 Å². The second kappa shape index (κ2) is 7.16. The number of alkyl halides is 3. The molecule has 0 fully saturated rings. The van der Waals surface area contributed by atoms with Gasteiger partial charge in [-0.3, -0.25) is 0 Å². The lowest BCUT2D eigenvalue weighted by molar-refractivity contribution is -0.151. The first-order valence-corrected chi connectivity index (χ1v) is 9.11. The summed E-state index contributed by atoms with van der Waals surface area (Å²) in [6.07, 6.45) is -3.57. The molecule has 2 unspecified atom stereocenters. The minimum atomic E-state index is -4.37. The Hall–Kier alpha value is 0.640. The van der Waals surface area contributed by atoms with Gasteiger partial charge in [-0.05, 0) is 18.2 Å². The zero-order valence-corrected chi connectivity index (χ0v) is 12.1. The molecule has 0 aliphatic heterocycles. The molecule has 0 heterocycles. The molecule has 0 rings (SSSR count). The van der Waals surface area contributed by atoms with Gasteiger partial charge < -0.3 is 9.61 Å². The Labute approximate surface area is 108 Å². The van der Waals surface area contributed by atoms with E-state index in [-0.39, 0.29) is 5.25 Å². The van der Waals surface area contributed by atoms with Gasteiger partial charge in [0.15, 0.2) is 6.61 Å². The van der Waals surface area contributed by atoms with Crippen LogP contribution in [0.15, 0.2) is 0 Å². The number of hydrogen-bond acceptors (Lipinski definition) is 4. The number of thiocarbonyl (C=S) groups is 1. The van der Waals surface area contributed by atoms with Crippen LogP contribution in [0.1, 0.15) is 20.3 Å². The van der Waals surface area contributed by atoms with Crippen molar-refractivity contribution in [1.29, 1.82) is 0 Å². The molecule has 0 aromatic carbocycles. The van der Waals surface area contributed by atoms with Crippen molar-refractivity contribution in [3.8, 4) is 0 Å². The fourth-order valence-corrected chi connectivity index (χ4v) is 6.93. The molecule has 2 nitrogen and oxygen atoms in total. The summed E-state index contributed by atoms with van der Waals surface area (Å²) in [5.41, 5.74) is -1.65. The molecule has 0 bridgehead atoms. The fourth-order valence-electron chi connectivity index (χ4n) is 0.632. The molecule has 9 heteroatoms. The molecule has 0 saturated carbocycles. The molecule has 0 aliphatic carbocycles. The first-order chi connectivity index (χ1) is 7.22. The lowest BCUT2D eigenvalue weighted by Crippen LogP contribution is -2.19. The number of nitrogens with one attached hydrogen (secondary N) is 1. The molecule has 0 radical (unpaired) electrons. The Balaban J connectivity index is 4.45. The van der Waals surface area contributed by atoms with Gasteiger partial charge in [0.1, 0.15) is 0 Å². The van der Waals surface area contributed by atoms with Crippen molar-refractivity contribution >= 4 is 46.5 Å². The maximum absolute atomic E-state index is 12.0. The molecule has 2 atom stereocenters. The van der Waals surface area contributed by atoms with Gasteiger partial charge in [-0.1, -0.05) is 37.4 Å². The Kier molecular flexibility index (Phi) is 7.44. The van der Waals surface area contributed by atoms with Crippen LogP contribution in [0.3, 0.4) is 0 Å². The highest BCUT2D eigenvalue weighted by molar-refractivity contribution is 8.69. The lowest BCUT2D eigenvalue weighted by Gasteiger charge is -2.24. The Bertz CT molecular complexity index is 274. The molecule has 0 spiro atoms. The molecular formula is C7H13F3NOPS3. The highest BCUT2D eigenvalue weighted by atomic mass is 32.9. The van der Waals surface area contributed by atoms with Crippen LogP contribution in [-0.2, 0) is 16.3 Å². The van der Waals surface area contributed by atoms with Crippen LogP contribution in [0.25, 0.3) is 0 Å². The van der Waals surface area contributed by atoms with Crippen LogP contribution >= 0.6 is 29.2 Å². The third kappa shape index (κ3) is 7.84. The summed E-state index contributed by atoms with van der Waals surface area (Å²) in [4.78, 5) is 0. The average molecular weight is 311 g/mol. The van der Waals surface area contributed by atoms with Crippen LogP contribution in [0, 0.1) is 0 Å². The highest BCUT2D eigenvalue weighted by Gasteiger charge is 2.32. The third-order valence-corrected chi connectivity index (χ3v) is 7.63. The maximum Gasteiger partial charge on any atom is 0.412 e. The predicted molar refractivity (Wildman–Crippen MR) is 70.4 cm³/mol. The highest BCUT2D eigenvalue weighted by Crippen LogP contribution is 2.58. The first-order valence-electron chi connectivity index (χ1n) is 4.43. The second-order valence-electron chi connectivity index (χ2n) is 2.96. The SMILES string of the molecule is CCC(C)SP(=S)(NC=S)OCC(F)(F)F. The smallest absolute Gasteiger partial charge is 0.326 e. The van der Waals surface area contributed by atoms with Gasteiger partial charge in [-0.25, -0.2) is 0 Å². The quantitative estimate of drug-likeness (QED) is 0.567. The van der Waals surface area contributed by atoms with Gasteiger partial charge in [0.2, 0.25) is 5.62 Å². The van der Waals surface area contributed by atoms with Crippen LogP contribution in [0.5, 0.6) is 0 Å². The van der Waals surface area contributed by atoms with E-state index >= 15 is 0 Å². The predicted octanol–water partition coefficient (Wildman–Crippen LogP) is 3.87. The first kappa shape index (κ1) is 16.6. The maximum atomic E-state index is 12.0. The summed E-state index contributed by atoms with van der Waals surface area (Å²) in [5.74, 6) is 0. The van der Waals surface area contributed by atoms with E-state index < -0.39 is 18.4 Å². The Morgan fingerprint density at radius 1 is 1.56 bits per heavy atom. The van der Waals surface area contributed by atoms with Crippen molar-refractivity contribution in [2.75, 3.05) is 6.61 Å². The summed E-state index contributed by atoms with van der Waals surface area (Å²) in [5, 5.41) is 2.68. The molecular weight excluding hydrogens is 298 g/mol. The van der Waals surface area contributed by atoms with Crippen molar-refractivity contribution in [1.82, 2.24) is 5.09 Å². The minimum absolute atomic E-state index is 0.126. The molecule has 0 aliphatic rings. The molecule has 96 valence electrons. The lowest BCUT2D eigenvalue weighted by atomic mass is 10.4. The largest absolute Gasteiger partial charge is 0.412 e. The number of hydrogen-bond donors (Lipinski definition) is 1. The summed E-state index contributed by atoms with van der Waals surface area (Å²) in [6.45, 7) is 2.47. The van der Waals surface area contributed by atoms with Crippen molar-refractivity contribution in [3.63, 3.8) is 0 Å². The molecule has 16 heavy (non-hydrogen) atoms. The van der Waals surface area contributed by atoms with Crippen molar-refractivity contribution < 1.29 is 17.7 Å². The van der Waals surface area contributed by atoms with Gasteiger partial charge in [0.25, 0.3) is 0 Å². The van der Waals surface area contributed by atoms with E-state index in [1.54, 1.807) is 0 Å². The Morgan fingerprint density at radius 3 is 2.50 bits per heavy atom. The standard InChI is InChI=1S/C7H13F3NOPS3/c1-3-6(2)16-13(15,11-5-14)12-4-7(8,9)10/h5-6H,3-4H2,1-2H3,(H,11,14,15). The zero-order chi connectivity index (χ0) is 12.8. The van der Waals surface area contributed by atoms with Gasteiger partial charge in [-0.2, -0.15) is 13.2 Å². The number of rotatable bonds is 7. The van der Waals surface area contributed by atoms with Crippen molar-refractivity contribution in [3.05, 3.63) is 0 Å². The van der Waals surface area contributed by atoms with E-state index in [9.17, 15) is 13.2 Å². The van der Waals surface area contributed by atoms with Gasteiger partial charge in [-0.15, -0.1) is 0 Å². The van der Waals surface area contributed by atoms with Gasteiger partial charge >= 0.3 is 6.18 Å². The average Bonchev–Trinajstić information content (AvgIpc) is 2.14. The Morgan fingerprint density at radius 2 is 2.12 bits per heavy atom. The summed E-state index contributed by atoms with van der Waals surface area (Å²) >= 11 is 10.8. The normalized spacial score (nSPS) is 17.6. The van der Waals surface area contributed by atoms with Crippen molar-refractivity contribution in [2.24, 2.45) is 0 Å². The fraction of sp³-hybridized carbons (Fsp3) is 0.857. The topological polar surface area (TPSA) is 21.3 Å². The molecule has 0 aromatic heterocycles. The van der Waals surface area contributed by atoms with E-state index in [2.05, 4.69) is 17.3 Å². The van der Waals surface area contributed by atoms with E-state index in [1.165, 1.54) is 11.4 Å². The monoisotopic (exact) mass is 311 g/mol. The number of halogens is 3. The summed E-state index contributed by atoms with van der Waals surface area (Å²) in [7, 11) is 0. The molecule has 1 N–H and O–H groups in total. The van der Waals surface area contributed by atoms with E-state index in [0.29, 0.717) is 0 Å². The molecule has 0 aromatic rings. The summed E-state index contributed by atoms with van der Waals surface area (Å²) < 4.78 is 40.8. The van der Waals surface area contributed by atoms with Gasteiger partial charge in [0, 0.05) is 5.25 Å².